The smallest absolute Gasteiger partial charge is 0.451 e. The number of carbonyl (C=O) groups excluding carboxylic acids is 1. The van der Waals surface area contributed by atoms with Crippen molar-refractivity contribution in [1.82, 2.24) is 25.2 Å². The van der Waals surface area contributed by atoms with Gasteiger partial charge in [0, 0.05) is 35.6 Å². The van der Waals surface area contributed by atoms with Crippen molar-refractivity contribution < 1.29 is 41.7 Å². The summed E-state index contributed by atoms with van der Waals surface area (Å²) in [5.41, 5.74) is -0.192. The van der Waals surface area contributed by atoms with Gasteiger partial charge in [0.2, 0.25) is 5.82 Å². The van der Waals surface area contributed by atoms with E-state index in [9.17, 15) is 27.9 Å². The van der Waals surface area contributed by atoms with Crippen LogP contribution < -0.4 is 10.1 Å². The lowest BCUT2D eigenvalue weighted by Gasteiger charge is -2.30. The fourth-order valence-electron chi connectivity index (χ4n) is 3.73. The van der Waals surface area contributed by atoms with Gasteiger partial charge in [0.1, 0.15) is 29.3 Å². The number of carbonyl (C=O) groups is 2. The Morgan fingerprint density at radius 3 is 2.59 bits per heavy atom. The van der Waals surface area contributed by atoms with Crippen LogP contribution in [0, 0.1) is 12.7 Å². The van der Waals surface area contributed by atoms with E-state index >= 15 is 4.39 Å². The maximum absolute atomic E-state index is 15.6. The van der Waals surface area contributed by atoms with E-state index in [4.69, 9.17) is 9.47 Å². The van der Waals surface area contributed by atoms with Crippen molar-refractivity contribution in [3.8, 4) is 16.3 Å². The number of nitrogens with one attached hydrogen (secondary N) is 1. The molecule has 15 heteroatoms. The van der Waals surface area contributed by atoms with E-state index in [0.717, 1.165) is 17.3 Å². The second kappa shape index (κ2) is 11.5. The molecule has 1 aromatic carbocycles. The van der Waals surface area contributed by atoms with Crippen LogP contribution in [0.15, 0.2) is 30.7 Å². The van der Waals surface area contributed by atoms with Crippen LogP contribution in [0.5, 0.6) is 5.75 Å². The van der Waals surface area contributed by atoms with Crippen LogP contribution in [0.3, 0.4) is 0 Å². The molecular weight excluding hydrogens is 546 g/mol. The summed E-state index contributed by atoms with van der Waals surface area (Å²) in [6.45, 7) is 3.70. The van der Waals surface area contributed by atoms with Crippen LogP contribution >= 0.6 is 11.3 Å². The molecule has 208 valence electrons. The van der Waals surface area contributed by atoms with E-state index < -0.39 is 42.0 Å². The first-order chi connectivity index (χ1) is 18.4. The van der Waals surface area contributed by atoms with Gasteiger partial charge in [-0.1, -0.05) is 0 Å². The molecule has 1 fully saturated rings. The minimum atomic E-state index is -4.71. The predicted molar refractivity (Wildman–Crippen MR) is 130 cm³/mol. The van der Waals surface area contributed by atoms with Crippen molar-refractivity contribution in [2.45, 2.75) is 32.2 Å². The number of alkyl halides is 3. The Kier molecular flexibility index (Phi) is 8.30. The number of hydrogen-bond acceptors (Lipinski definition) is 8. The average Bonchev–Trinajstić information content (AvgIpc) is 3.33. The molecule has 2 aromatic heterocycles. The molecule has 0 saturated carbocycles. The summed E-state index contributed by atoms with van der Waals surface area (Å²) in [7, 11) is 0. The van der Waals surface area contributed by atoms with Gasteiger partial charge in [0.15, 0.2) is 0 Å². The van der Waals surface area contributed by atoms with Crippen molar-refractivity contribution in [2.24, 2.45) is 0 Å². The van der Waals surface area contributed by atoms with E-state index in [0.29, 0.717) is 5.01 Å². The lowest BCUT2D eigenvalue weighted by atomic mass is 10.1. The number of benzene rings is 1. The highest BCUT2D eigenvalue weighted by atomic mass is 32.1. The summed E-state index contributed by atoms with van der Waals surface area (Å²) in [5, 5.41) is 12.1. The molecule has 3 aromatic rings. The van der Waals surface area contributed by atoms with E-state index in [1.807, 2.05) is 0 Å². The Bertz CT molecular complexity index is 1350. The molecule has 1 aliphatic heterocycles. The number of aromatic nitrogens is 3. The number of carboxylic acid groups (broad SMARTS) is 1. The Balaban J connectivity index is 1.56. The fourth-order valence-corrected chi connectivity index (χ4v) is 4.50. The molecule has 3 heterocycles. The van der Waals surface area contributed by atoms with E-state index in [1.165, 1.54) is 35.3 Å². The van der Waals surface area contributed by atoms with Gasteiger partial charge >= 0.3 is 12.3 Å². The third-order valence-electron chi connectivity index (χ3n) is 5.76. The largest absolute Gasteiger partial charge is 0.491 e. The maximum atomic E-state index is 15.6. The third-order valence-corrected chi connectivity index (χ3v) is 6.71. The number of nitrogens with zero attached hydrogens (tertiary/aromatic N) is 4. The second-order valence-electron chi connectivity index (χ2n) is 8.67. The summed E-state index contributed by atoms with van der Waals surface area (Å²) in [6, 6.07) is 1.71. The quantitative estimate of drug-likeness (QED) is 0.403. The van der Waals surface area contributed by atoms with Gasteiger partial charge < -0.3 is 24.8 Å². The highest BCUT2D eigenvalue weighted by Gasteiger charge is 2.34. The van der Waals surface area contributed by atoms with Crippen molar-refractivity contribution in [1.29, 1.82) is 0 Å². The number of amides is 2. The first-order valence-electron chi connectivity index (χ1n) is 11.6. The van der Waals surface area contributed by atoms with Crippen LogP contribution in [-0.4, -0.2) is 69.4 Å². The van der Waals surface area contributed by atoms with Crippen molar-refractivity contribution in [3.05, 3.63) is 58.4 Å². The van der Waals surface area contributed by atoms with Gasteiger partial charge in [0.25, 0.3) is 5.91 Å². The standard InChI is InChI=1S/C24H23F4N5O5S/c1-12-7-29-21(39-12)18-6-15(38-11-16-10-33(23(35)36)3-4-37-16)5-17(19(18)25)20(34)32-13(2)14-8-30-22(31-9-14)24(26,27)28/h5-9,13,16H,3-4,10-11H2,1-2H3,(H,32,34)(H,35,36)/t13-,16?/m1/s1. The number of halogens is 4. The predicted octanol–water partition coefficient (Wildman–Crippen LogP) is 4.32. The number of aryl methyl sites for hydroxylation is 1. The molecule has 0 aliphatic carbocycles. The molecule has 2 N–H and O–H groups in total. The van der Waals surface area contributed by atoms with Crippen molar-refractivity contribution in [3.63, 3.8) is 0 Å². The summed E-state index contributed by atoms with van der Waals surface area (Å²) in [6.07, 6.45) is -2.96. The first kappa shape index (κ1) is 28.2. The summed E-state index contributed by atoms with van der Waals surface area (Å²) in [5.74, 6) is -2.93. The highest BCUT2D eigenvalue weighted by molar-refractivity contribution is 7.14. The molecule has 2 atom stereocenters. The van der Waals surface area contributed by atoms with Gasteiger partial charge in [-0.2, -0.15) is 13.2 Å². The van der Waals surface area contributed by atoms with E-state index in [2.05, 4.69) is 20.3 Å². The summed E-state index contributed by atoms with van der Waals surface area (Å²) < 4.78 is 65.2. The Morgan fingerprint density at radius 2 is 1.97 bits per heavy atom. The van der Waals surface area contributed by atoms with Crippen LogP contribution in [0.2, 0.25) is 0 Å². The Labute approximate surface area is 223 Å². The van der Waals surface area contributed by atoms with E-state index in [1.54, 1.807) is 13.1 Å². The molecule has 1 saturated heterocycles. The molecule has 0 bridgehead atoms. The fraction of sp³-hybridized carbons (Fsp3) is 0.375. The maximum Gasteiger partial charge on any atom is 0.451 e. The zero-order valence-corrected chi connectivity index (χ0v) is 21.5. The molecular formula is C24H23F4N5O5S. The van der Waals surface area contributed by atoms with Crippen molar-refractivity contribution in [2.75, 3.05) is 26.3 Å². The van der Waals surface area contributed by atoms with Crippen LogP contribution in [0.1, 0.15) is 39.6 Å². The average molecular weight is 570 g/mol. The topological polar surface area (TPSA) is 127 Å². The van der Waals surface area contributed by atoms with Gasteiger partial charge in [0.05, 0.1) is 30.3 Å². The molecule has 1 unspecified atom stereocenters. The minimum Gasteiger partial charge on any atom is -0.491 e. The van der Waals surface area contributed by atoms with Gasteiger partial charge in [-0.25, -0.2) is 24.1 Å². The lowest BCUT2D eigenvalue weighted by molar-refractivity contribution is -0.145. The minimum absolute atomic E-state index is 0.0120. The van der Waals surface area contributed by atoms with Crippen LogP contribution in [-0.2, 0) is 10.9 Å². The molecule has 1 aliphatic rings. The zero-order valence-electron chi connectivity index (χ0n) is 20.7. The normalized spacial score (nSPS) is 16.6. The molecule has 10 nitrogen and oxygen atoms in total. The Hall–Kier alpha value is -3.85. The first-order valence-corrected chi connectivity index (χ1v) is 12.4. The van der Waals surface area contributed by atoms with Gasteiger partial charge in [-0.05, 0) is 26.0 Å². The monoisotopic (exact) mass is 569 g/mol. The molecule has 39 heavy (non-hydrogen) atoms. The molecule has 0 radical (unpaired) electrons. The number of rotatable bonds is 7. The van der Waals surface area contributed by atoms with Gasteiger partial charge in [-0.3, -0.25) is 4.79 Å². The molecule has 4 rings (SSSR count). The van der Waals surface area contributed by atoms with Crippen LogP contribution in [0.4, 0.5) is 22.4 Å². The molecule has 2 amide bonds. The SMILES string of the molecule is Cc1cnc(-c2cc(OCC3CN(C(=O)O)CCO3)cc(C(=O)N[C@H](C)c3cnc(C(F)(F)F)nc3)c2F)s1. The van der Waals surface area contributed by atoms with E-state index in [-0.39, 0.29) is 48.7 Å². The Morgan fingerprint density at radius 1 is 1.26 bits per heavy atom. The third kappa shape index (κ3) is 6.78. The lowest BCUT2D eigenvalue weighted by Crippen LogP contribution is -2.47. The summed E-state index contributed by atoms with van der Waals surface area (Å²) in [4.78, 5) is 37.1. The second-order valence-corrected chi connectivity index (χ2v) is 9.91. The summed E-state index contributed by atoms with van der Waals surface area (Å²) >= 11 is 1.20. The highest BCUT2D eigenvalue weighted by Crippen LogP contribution is 2.33. The van der Waals surface area contributed by atoms with Gasteiger partial charge in [-0.15, -0.1) is 11.3 Å². The number of morpholine rings is 1. The zero-order chi connectivity index (χ0) is 28.3. The number of ether oxygens (including phenoxy) is 2. The number of thiazole rings is 1. The van der Waals surface area contributed by atoms with Crippen molar-refractivity contribution >= 4 is 23.3 Å². The van der Waals surface area contributed by atoms with Crippen LogP contribution in [0.25, 0.3) is 10.6 Å². The number of hydrogen-bond donors (Lipinski definition) is 2. The molecule has 0 spiro atoms.